The van der Waals surface area contributed by atoms with Gasteiger partial charge in [0.1, 0.15) is 6.54 Å². The molecule has 1 amide bonds. The lowest BCUT2D eigenvalue weighted by molar-refractivity contribution is -0.119. The second-order valence-corrected chi connectivity index (χ2v) is 11.0. The van der Waals surface area contributed by atoms with Gasteiger partial charge in [-0.1, -0.05) is 65.7 Å². The molecular formula is C27H30ClN3O4S. The van der Waals surface area contributed by atoms with E-state index in [1.807, 2.05) is 19.1 Å². The Morgan fingerprint density at radius 3 is 2.28 bits per heavy atom. The minimum Gasteiger partial charge on any atom is -0.379 e. The molecule has 0 atom stereocenters. The summed E-state index contributed by atoms with van der Waals surface area (Å²) in [5.41, 5.74) is 3.31. The molecule has 0 unspecified atom stereocenters. The van der Waals surface area contributed by atoms with E-state index in [4.69, 9.17) is 16.3 Å². The molecule has 3 aromatic rings. The molecule has 0 saturated carbocycles. The van der Waals surface area contributed by atoms with Crippen LogP contribution in [-0.4, -0.2) is 52.1 Å². The van der Waals surface area contributed by atoms with Crippen LogP contribution in [0.5, 0.6) is 0 Å². The fourth-order valence-electron chi connectivity index (χ4n) is 3.96. The summed E-state index contributed by atoms with van der Waals surface area (Å²) in [5, 5.41) is 3.08. The van der Waals surface area contributed by atoms with Gasteiger partial charge in [-0.2, -0.15) is 0 Å². The smallest absolute Gasteiger partial charge is 0.264 e. The zero-order valence-corrected chi connectivity index (χ0v) is 21.8. The second-order valence-electron chi connectivity index (χ2n) is 8.76. The SMILES string of the molecule is Cc1ccc(S(=O)(=O)N(CC(=O)NCc2ccc(CN3CCOCC3)cc2)c2ccccc2Cl)cc1. The summed E-state index contributed by atoms with van der Waals surface area (Å²) in [6, 6.07) is 21.2. The van der Waals surface area contributed by atoms with Gasteiger partial charge >= 0.3 is 0 Å². The van der Waals surface area contributed by atoms with Crippen molar-refractivity contribution in [2.24, 2.45) is 0 Å². The Balaban J connectivity index is 1.44. The summed E-state index contributed by atoms with van der Waals surface area (Å²) in [5.74, 6) is -0.428. The van der Waals surface area contributed by atoms with Crippen LogP contribution in [-0.2, 0) is 32.6 Å². The Labute approximate surface area is 217 Å². The lowest BCUT2D eigenvalue weighted by Gasteiger charge is -2.26. The first-order valence-corrected chi connectivity index (χ1v) is 13.6. The third-order valence-electron chi connectivity index (χ3n) is 6.04. The number of rotatable bonds is 9. The van der Waals surface area contributed by atoms with Crippen molar-refractivity contribution < 1.29 is 17.9 Å². The summed E-state index contributed by atoms with van der Waals surface area (Å²) in [6.07, 6.45) is 0. The maximum absolute atomic E-state index is 13.5. The van der Waals surface area contributed by atoms with Crippen LogP contribution in [0.15, 0.2) is 77.7 Å². The summed E-state index contributed by atoms with van der Waals surface area (Å²) in [7, 11) is -4.02. The molecule has 1 N–H and O–H groups in total. The highest BCUT2D eigenvalue weighted by Crippen LogP contribution is 2.30. The fraction of sp³-hybridized carbons (Fsp3) is 0.296. The number of para-hydroxylation sites is 1. The van der Waals surface area contributed by atoms with Crippen molar-refractivity contribution in [3.63, 3.8) is 0 Å². The lowest BCUT2D eigenvalue weighted by Crippen LogP contribution is -2.40. The number of hydrogen-bond acceptors (Lipinski definition) is 5. The number of nitrogens with zero attached hydrogens (tertiary/aromatic N) is 2. The van der Waals surface area contributed by atoms with E-state index in [0.717, 1.165) is 48.3 Å². The first kappa shape index (κ1) is 26.2. The minimum absolute atomic E-state index is 0.0941. The van der Waals surface area contributed by atoms with Crippen LogP contribution < -0.4 is 9.62 Å². The molecule has 0 spiro atoms. The molecule has 0 bridgehead atoms. The average molecular weight is 528 g/mol. The summed E-state index contributed by atoms with van der Waals surface area (Å²) in [6.45, 7) is 6.00. The number of halogens is 1. The minimum atomic E-state index is -4.02. The van der Waals surface area contributed by atoms with Crippen LogP contribution in [0.1, 0.15) is 16.7 Å². The van der Waals surface area contributed by atoms with Gasteiger partial charge in [0.25, 0.3) is 10.0 Å². The molecule has 1 aliphatic heterocycles. The van der Waals surface area contributed by atoms with Crippen LogP contribution in [0, 0.1) is 6.92 Å². The average Bonchev–Trinajstić information content (AvgIpc) is 2.88. The number of amides is 1. The lowest BCUT2D eigenvalue weighted by atomic mass is 10.1. The van der Waals surface area contributed by atoms with Crippen molar-refractivity contribution in [2.45, 2.75) is 24.9 Å². The Morgan fingerprint density at radius 2 is 1.61 bits per heavy atom. The Bertz CT molecular complexity index is 1280. The Morgan fingerprint density at radius 1 is 0.972 bits per heavy atom. The van der Waals surface area contributed by atoms with Crippen LogP contribution in [0.25, 0.3) is 0 Å². The molecule has 9 heteroatoms. The Hall–Kier alpha value is -2.91. The van der Waals surface area contributed by atoms with Gasteiger partial charge in [0, 0.05) is 26.2 Å². The maximum atomic E-state index is 13.5. The van der Waals surface area contributed by atoms with E-state index in [-0.39, 0.29) is 22.2 Å². The normalized spacial score (nSPS) is 14.4. The van der Waals surface area contributed by atoms with Crippen molar-refractivity contribution in [3.05, 3.63) is 94.5 Å². The van der Waals surface area contributed by atoms with Gasteiger partial charge in [0.15, 0.2) is 0 Å². The monoisotopic (exact) mass is 527 g/mol. The van der Waals surface area contributed by atoms with Crippen LogP contribution in [0.4, 0.5) is 5.69 Å². The number of hydrogen-bond donors (Lipinski definition) is 1. The number of ether oxygens (including phenoxy) is 1. The van der Waals surface area contributed by atoms with E-state index in [0.29, 0.717) is 0 Å². The van der Waals surface area contributed by atoms with Gasteiger partial charge in [0.2, 0.25) is 5.91 Å². The van der Waals surface area contributed by atoms with E-state index in [2.05, 4.69) is 22.3 Å². The molecule has 0 aliphatic carbocycles. The van der Waals surface area contributed by atoms with E-state index in [1.165, 1.54) is 17.7 Å². The third kappa shape index (κ3) is 6.64. The van der Waals surface area contributed by atoms with Crippen molar-refractivity contribution >= 4 is 33.2 Å². The molecule has 0 radical (unpaired) electrons. The largest absolute Gasteiger partial charge is 0.379 e. The van der Waals surface area contributed by atoms with E-state index in [9.17, 15) is 13.2 Å². The quantitative estimate of drug-likeness (QED) is 0.455. The van der Waals surface area contributed by atoms with Crippen molar-refractivity contribution in [2.75, 3.05) is 37.2 Å². The van der Waals surface area contributed by atoms with E-state index >= 15 is 0 Å². The number of nitrogens with one attached hydrogen (secondary N) is 1. The molecule has 1 fully saturated rings. The summed E-state index contributed by atoms with van der Waals surface area (Å²) < 4.78 is 33.4. The molecular weight excluding hydrogens is 498 g/mol. The fourth-order valence-corrected chi connectivity index (χ4v) is 5.69. The zero-order chi connectivity index (χ0) is 25.5. The zero-order valence-electron chi connectivity index (χ0n) is 20.2. The number of benzene rings is 3. The highest BCUT2D eigenvalue weighted by atomic mass is 35.5. The highest BCUT2D eigenvalue weighted by molar-refractivity contribution is 7.92. The number of sulfonamides is 1. The van der Waals surface area contributed by atoms with Crippen molar-refractivity contribution in [3.8, 4) is 0 Å². The summed E-state index contributed by atoms with van der Waals surface area (Å²) >= 11 is 6.33. The predicted octanol–water partition coefficient (Wildman–Crippen LogP) is 3.99. The molecule has 1 heterocycles. The van der Waals surface area contributed by atoms with Gasteiger partial charge < -0.3 is 10.1 Å². The number of aryl methyl sites for hydroxylation is 1. The van der Waals surface area contributed by atoms with Crippen molar-refractivity contribution in [1.29, 1.82) is 0 Å². The van der Waals surface area contributed by atoms with Crippen LogP contribution >= 0.6 is 11.6 Å². The van der Waals surface area contributed by atoms with Gasteiger partial charge in [-0.25, -0.2) is 8.42 Å². The molecule has 3 aromatic carbocycles. The first-order valence-electron chi connectivity index (χ1n) is 11.8. The van der Waals surface area contributed by atoms with Gasteiger partial charge in [-0.15, -0.1) is 0 Å². The molecule has 190 valence electrons. The van der Waals surface area contributed by atoms with E-state index < -0.39 is 22.5 Å². The second kappa shape index (κ2) is 11.9. The molecule has 1 saturated heterocycles. The highest BCUT2D eigenvalue weighted by Gasteiger charge is 2.28. The van der Waals surface area contributed by atoms with E-state index in [1.54, 1.807) is 36.4 Å². The molecule has 36 heavy (non-hydrogen) atoms. The number of morpholine rings is 1. The standard InChI is InChI=1S/C27H30ClN3O4S/c1-21-6-12-24(13-7-21)36(33,34)31(26-5-3-2-4-25(26)28)20-27(32)29-18-22-8-10-23(11-9-22)19-30-14-16-35-17-15-30/h2-13H,14-20H2,1H3,(H,29,32). The molecule has 7 nitrogen and oxygen atoms in total. The predicted molar refractivity (Wildman–Crippen MR) is 142 cm³/mol. The summed E-state index contributed by atoms with van der Waals surface area (Å²) in [4.78, 5) is 15.3. The first-order chi connectivity index (χ1) is 17.3. The molecule has 1 aliphatic rings. The third-order valence-corrected chi connectivity index (χ3v) is 8.13. The maximum Gasteiger partial charge on any atom is 0.264 e. The topological polar surface area (TPSA) is 79.0 Å². The number of anilines is 1. The van der Waals surface area contributed by atoms with Gasteiger partial charge in [-0.3, -0.25) is 14.0 Å². The van der Waals surface area contributed by atoms with Crippen LogP contribution in [0.3, 0.4) is 0 Å². The van der Waals surface area contributed by atoms with Gasteiger partial charge in [0.05, 0.1) is 28.8 Å². The van der Waals surface area contributed by atoms with Gasteiger partial charge in [-0.05, 0) is 42.3 Å². The van der Waals surface area contributed by atoms with Crippen LogP contribution in [0.2, 0.25) is 5.02 Å². The number of carbonyl (C=O) groups is 1. The molecule has 0 aromatic heterocycles. The molecule has 4 rings (SSSR count). The number of carbonyl (C=O) groups excluding carboxylic acids is 1. The Kier molecular flexibility index (Phi) is 8.64. The van der Waals surface area contributed by atoms with Crippen molar-refractivity contribution in [1.82, 2.24) is 10.2 Å².